The zero-order valence-electron chi connectivity index (χ0n) is 10.9. The minimum Gasteiger partial charge on any atom is -0.465 e. The molecule has 104 valence electrons. The maximum Gasteiger partial charge on any atom is 0.405 e. The maximum absolute atomic E-state index is 12.4. The summed E-state index contributed by atoms with van der Waals surface area (Å²) in [5, 5.41) is 23.1. The smallest absolute Gasteiger partial charge is 0.405 e. The minimum atomic E-state index is -1.18. The first kappa shape index (κ1) is 13.7. The van der Waals surface area contributed by atoms with Gasteiger partial charge in [-0.05, 0) is 25.7 Å². The average Bonchev–Trinajstić information content (AvgIpc) is 3.14. The molecule has 0 saturated heterocycles. The van der Waals surface area contributed by atoms with Crippen LogP contribution < -0.4 is 10.6 Å². The molecule has 0 radical (unpaired) electrons. The van der Waals surface area contributed by atoms with E-state index in [4.69, 9.17) is 10.4 Å². The Morgan fingerprint density at radius 3 is 2.00 bits per heavy atom. The predicted octanol–water partition coefficient (Wildman–Crippen LogP) is 1.52. The summed E-state index contributed by atoms with van der Waals surface area (Å²) >= 11 is 0. The van der Waals surface area contributed by atoms with E-state index in [0.29, 0.717) is 25.7 Å². The fourth-order valence-corrected chi connectivity index (χ4v) is 2.67. The first-order valence-corrected chi connectivity index (χ1v) is 6.77. The van der Waals surface area contributed by atoms with Gasteiger partial charge in [-0.3, -0.25) is 4.79 Å². The molecule has 0 aromatic rings. The number of carboxylic acid groups (broad SMARTS) is 1. The van der Waals surface area contributed by atoms with Crippen molar-refractivity contribution in [3.05, 3.63) is 0 Å². The number of amides is 2. The van der Waals surface area contributed by atoms with Crippen molar-refractivity contribution in [2.45, 2.75) is 62.4 Å². The lowest BCUT2D eigenvalue weighted by Crippen LogP contribution is -2.60. The van der Waals surface area contributed by atoms with Crippen LogP contribution in [0.1, 0.15) is 51.4 Å². The van der Waals surface area contributed by atoms with Gasteiger partial charge in [0.25, 0.3) is 0 Å². The van der Waals surface area contributed by atoms with E-state index in [1.807, 2.05) is 0 Å². The Kier molecular flexibility index (Phi) is 3.65. The lowest BCUT2D eigenvalue weighted by atomic mass is 9.88. The highest BCUT2D eigenvalue weighted by Crippen LogP contribution is 2.36. The van der Waals surface area contributed by atoms with Crippen molar-refractivity contribution in [2.75, 3.05) is 0 Å². The lowest BCUT2D eigenvalue weighted by molar-refractivity contribution is -0.128. The Balaban J connectivity index is 2.14. The molecule has 0 spiro atoms. The molecule has 0 bridgehead atoms. The van der Waals surface area contributed by atoms with E-state index >= 15 is 0 Å². The van der Waals surface area contributed by atoms with Gasteiger partial charge >= 0.3 is 6.09 Å². The molecule has 0 aromatic carbocycles. The summed E-state index contributed by atoms with van der Waals surface area (Å²) in [5.41, 5.74) is -1.81. The van der Waals surface area contributed by atoms with Gasteiger partial charge < -0.3 is 15.7 Å². The number of hydrogen-bond acceptors (Lipinski definition) is 3. The van der Waals surface area contributed by atoms with E-state index in [0.717, 1.165) is 25.7 Å². The van der Waals surface area contributed by atoms with Gasteiger partial charge in [0.1, 0.15) is 11.1 Å². The molecular formula is C13H19N3O3. The molecule has 0 unspecified atom stereocenters. The molecule has 3 N–H and O–H groups in total. The molecule has 2 aliphatic rings. The van der Waals surface area contributed by atoms with Crippen LogP contribution in [-0.2, 0) is 4.79 Å². The molecule has 2 amide bonds. The predicted molar refractivity (Wildman–Crippen MR) is 67.3 cm³/mol. The summed E-state index contributed by atoms with van der Waals surface area (Å²) in [7, 11) is 0. The van der Waals surface area contributed by atoms with E-state index in [1.165, 1.54) is 0 Å². The fourth-order valence-electron chi connectivity index (χ4n) is 2.67. The summed E-state index contributed by atoms with van der Waals surface area (Å²) in [4.78, 5) is 23.4. The van der Waals surface area contributed by atoms with Gasteiger partial charge in [0.2, 0.25) is 5.91 Å². The molecule has 0 aliphatic heterocycles. The quantitative estimate of drug-likeness (QED) is 0.673. The van der Waals surface area contributed by atoms with Gasteiger partial charge in [0.05, 0.1) is 6.07 Å². The van der Waals surface area contributed by atoms with Crippen LogP contribution in [0.2, 0.25) is 0 Å². The molecule has 2 fully saturated rings. The average molecular weight is 265 g/mol. The highest BCUT2D eigenvalue weighted by atomic mass is 16.4. The first-order valence-electron chi connectivity index (χ1n) is 6.77. The monoisotopic (exact) mass is 265 g/mol. The van der Waals surface area contributed by atoms with Crippen molar-refractivity contribution in [1.82, 2.24) is 10.6 Å². The number of carbonyl (C=O) groups excluding carboxylic acids is 1. The highest BCUT2D eigenvalue weighted by Gasteiger charge is 2.49. The number of rotatable bonds is 3. The standard InChI is InChI=1S/C13H19N3O3/c14-9-12(7-8-12)15-10(17)13(16-11(18)19)5-3-1-2-4-6-13/h16H,1-8H2,(H,15,17)(H,18,19). The van der Waals surface area contributed by atoms with Crippen molar-refractivity contribution in [1.29, 1.82) is 5.26 Å². The molecule has 0 aromatic heterocycles. The van der Waals surface area contributed by atoms with Crippen LogP contribution in [0.15, 0.2) is 0 Å². The Labute approximate surface area is 112 Å². The third-order valence-electron chi connectivity index (χ3n) is 4.05. The van der Waals surface area contributed by atoms with E-state index in [-0.39, 0.29) is 5.91 Å². The second-order valence-corrected chi connectivity index (χ2v) is 5.57. The maximum atomic E-state index is 12.4. The van der Waals surface area contributed by atoms with Crippen molar-refractivity contribution >= 4 is 12.0 Å². The molecule has 0 atom stereocenters. The van der Waals surface area contributed by atoms with Gasteiger partial charge in [0.15, 0.2) is 0 Å². The lowest BCUT2D eigenvalue weighted by Gasteiger charge is -2.32. The Bertz CT molecular complexity index is 415. The fraction of sp³-hybridized carbons (Fsp3) is 0.769. The topological polar surface area (TPSA) is 102 Å². The van der Waals surface area contributed by atoms with Crippen LogP contribution in [0.25, 0.3) is 0 Å². The van der Waals surface area contributed by atoms with E-state index < -0.39 is 17.2 Å². The van der Waals surface area contributed by atoms with Crippen LogP contribution in [0.5, 0.6) is 0 Å². The van der Waals surface area contributed by atoms with Crippen molar-refractivity contribution < 1.29 is 14.7 Å². The van der Waals surface area contributed by atoms with Crippen molar-refractivity contribution in [3.8, 4) is 6.07 Å². The molecule has 2 saturated carbocycles. The van der Waals surface area contributed by atoms with Gasteiger partial charge in [0, 0.05) is 0 Å². The van der Waals surface area contributed by atoms with Gasteiger partial charge in [-0.25, -0.2) is 4.79 Å². The minimum absolute atomic E-state index is 0.337. The van der Waals surface area contributed by atoms with Crippen molar-refractivity contribution in [2.24, 2.45) is 0 Å². The third-order valence-corrected chi connectivity index (χ3v) is 4.05. The molecule has 2 aliphatic carbocycles. The summed E-state index contributed by atoms with van der Waals surface area (Å²) < 4.78 is 0. The highest BCUT2D eigenvalue weighted by molar-refractivity contribution is 5.90. The largest absolute Gasteiger partial charge is 0.465 e. The van der Waals surface area contributed by atoms with Gasteiger partial charge in [-0.2, -0.15) is 5.26 Å². The first-order chi connectivity index (χ1) is 9.02. The molecule has 2 rings (SSSR count). The number of hydrogen-bond donors (Lipinski definition) is 3. The zero-order chi connectivity index (χ0) is 13.9. The van der Waals surface area contributed by atoms with Gasteiger partial charge in [-0.15, -0.1) is 0 Å². The summed E-state index contributed by atoms with van der Waals surface area (Å²) in [6.07, 6.45) is 4.81. The summed E-state index contributed by atoms with van der Waals surface area (Å²) in [5.74, 6) is -0.337. The Hall–Kier alpha value is -1.77. The second kappa shape index (κ2) is 5.08. The zero-order valence-corrected chi connectivity index (χ0v) is 10.9. The summed E-state index contributed by atoms with van der Waals surface area (Å²) in [6.45, 7) is 0. The van der Waals surface area contributed by atoms with Crippen molar-refractivity contribution in [3.63, 3.8) is 0 Å². The molecular weight excluding hydrogens is 246 g/mol. The molecule has 19 heavy (non-hydrogen) atoms. The van der Waals surface area contributed by atoms with Crippen LogP contribution in [0.4, 0.5) is 4.79 Å². The van der Waals surface area contributed by atoms with Crippen LogP contribution in [0, 0.1) is 11.3 Å². The van der Waals surface area contributed by atoms with Crippen LogP contribution >= 0.6 is 0 Å². The van der Waals surface area contributed by atoms with E-state index in [2.05, 4.69) is 16.7 Å². The van der Waals surface area contributed by atoms with Crippen LogP contribution in [-0.4, -0.2) is 28.2 Å². The summed E-state index contributed by atoms with van der Waals surface area (Å²) in [6, 6.07) is 2.10. The number of nitrogens with zero attached hydrogens (tertiary/aromatic N) is 1. The molecule has 0 heterocycles. The van der Waals surface area contributed by atoms with E-state index in [9.17, 15) is 9.59 Å². The third kappa shape index (κ3) is 2.98. The number of nitrogens with one attached hydrogen (secondary N) is 2. The van der Waals surface area contributed by atoms with Gasteiger partial charge in [-0.1, -0.05) is 25.7 Å². The number of nitriles is 1. The Morgan fingerprint density at radius 2 is 1.58 bits per heavy atom. The Morgan fingerprint density at radius 1 is 1.00 bits per heavy atom. The molecule has 6 heteroatoms. The molecule has 6 nitrogen and oxygen atoms in total. The number of carbonyl (C=O) groups is 2. The van der Waals surface area contributed by atoms with Crippen LogP contribution in [0.3, 0.4) is 0 Å². The van der Waals surface area contributed by atoms with E-state index in [1.54, 1.807) is 0 Å². The second-order valence-electron chi connectivity index (χ2n) is 5.57. The SMILES string of the molecule is N#CC1(NC(=O)C2(NC(=O)O)CCCCCC2)CC1. The normalized spacial score (nSPS) is 23.5.